The Kier molecular flexibility index (Phi) is 6.51. The van der Waals surface area contributed by atoms with Crippen LogP contribution >= 0.6 is 0 Å². The van der Waals surface area contributed by atoms with E-state index in [-0.39, 0.29) is 21.6 Å². The SMILES string of the molecule is NC(=O)N[Se]CCCCC(=O)O. The first-order valence-corrected chi connectivity index (χ1v) is 5.58. The van der Waals surface area contributed by atoms with E-state index in [1.54, 1.807) is 0 Å². The monoisotopic (exact) mass is 240 g/mol. The van der Waals surface area contributed by atoms with Crippen LogP contribution in [-0.4, -0.2) is 32.3 Å². The second-order valence-corrected chi connectivity index (χ2v) is 4.06. The van der Waals surface area contributed by atoms with E-state index in [1.165, 1.54) is 0 Å². The number of urea groups is 1. The van der Waals surface area contributed by atoms with E-state index in [9.17, 15) is 9.59 Å². The quantitative estimate of drug-likeness (QED) is 0.448. The zero-order chi connectivity index (χ0) is 9.40. The van der Waals surface area contributed by atoms with E-state index < -0.39 is 12.0 Å². The van der Waals surface area contributed by atoms with Crippen molar-refractivity contribution in [2.45, 2.75) is 24.6 Å². The number of carbonyl (C=O) groups excluding carboxylic acids is 1. The molecule has 5 nitrogen and oxygen atoms in total. The number of carbonyl (C=O) groups is 2. The summed E-state index contributed by atoms with van der Waals surface area (Å²) in [5.41, 5.74) is 4.83. The Labute approximate surface area is 77.1 Å². The molecule has 0 aromatic heterocycles. The van der Waals surface area contributed by atoms with E-state index in [2.05, 4.69) is 4.33 Å². The molecule has 0 heterocycles. The fourth-order valence-corrected chi connectivity index (χ4v) is 1.82. The summed E-state index contributed by atoms with van der Waals surface area (Å²) in [4.78, 5) is 20.2. The fraction of sp³-hybridized carbons (Fsp3) is 0.667. The predicted octanol–water partition coefficient (Wildman–Crippen LogP) is -0.0529. The van der Waals surface area contributed by atoms with Crippen molar-refractivity contribution in [2.75, 3.05) is 0 Å². The van der Waals surface area contributed by atoms with Gasteiger partial charge in [-0.1, -0.05) is 0 Å². The molecule has 70 valence electrons. The average molecular weight is 239 g/mol. The molecule has 0 rings (SSSR count). The maximum absolute atomic E-state index is 10.2. The number of amides is 2. The fourth-order valence-electron chi connectivity index (χ4n) is 0.573. The molecule has 0 saturated carbocycles. The van der Waals surface area contributed by atoms with E-state index in [4.69, 9.17) is 10.8 Å². The van der Waals surface area contributed by atoms with Gasteiger partial charge in [0.05, 0.1) is 0 Å². The van der Waals surface area contributed by atoms with Crippen molar-refractivity contribution in [3.63, 3.8) is 0 Å². The Balaban J connectivity index is 3.01. The second kappa shape index (κ2) is 6.94. The van der Waals surface area contributed by atoms with E-state index in [0.29, 0.717) is 6.42 Å². The third-order valence-corrected chi connectivity index (χ3v) is 2.82. The van der Waals surface area contributed by atoms with Crippen molar-refractivity contribution in [2.24, 2.45) is 5.73 Å². The first-order valence-electron chi connectivity index (χ1n) is 3.52. The van der Waals surface area contributed by atoms with Gasteiger partial charge in [0.2, 0.25) is 0 Å². The Morgan fingerprint density at radius 2 is 2.08 bits per heavy atom. The van der Waals surface area contributed by atoms with Gasteiger partial charge in [0, 0.05) is 0 Å². The molecule has 0 aromatic carbocycles. The number of hydrogen-bond acceptors (Lipinski definition) is 2. The molecule has 0 aliphatic heterocycles. The summed E-state index contributed by atoms with van der Waals surface area (Å²) in [5, 5.41) is 9.11. The van der Waals surface area contributed by atoms with Crippen LogP contribution in [0, 0.1) is 0 Å². The van der Waals surface area contributed by atoms with Crippen molar-refractivity contribution in [1.29, 1.82) is 0 Å². The Bertz CT molecular complexity index is 145. The van der Waals surface area contributed by atoms with Crippen molar-refractivity contribution in [3.8, 4) is 0 Å². The molecular weight excluding hydrogens is 227 g/mol. The molecule has 2 amide bonds. The van der Waals surface area contributed by atoms with Gasteiger partial charge in [-0.15, -0.1) is 0 Å². The topological polar surface area (TPSA) is 92.4 Å². The molecule has 0 spiro atoms. The number of aliphatic carboxylic acids is 1. The molecule has 0 unspecified atom stereocenters. The van der Waals surface area contributed by atoms with E-state index >= 15 is 0 Å². The summed E-state index contributed by atoms with van der Waals surface area (Å²) in [7, 11) is 0. The average Bonchev–Trinajstić information content (AvgIpc) is 1.95. The minimum absolute atomic E-state index is 0.0182. The summed E-state index contributed by atoms with van der Waals surface area (Å²) in [6, 6.07) is -0.506. The van der Waals surface area contributed by atoms with Crippen molar-refractivity contribution < 1.29 is 14.7 Å². The molecule has 0 bridgehead atoms. The van der Waals surface area contributed by atoms with Crippen LogP contribution in [0.2, 0.25) is 5.32 Å². The number of nitrogens with one attached hydrogen (secondary N) is 1. The van der Waals surface area contributed by atoms with Gasteiger partial charge in [-0.05, 0) is 0 Å². The Morgan fingerprint density at radius 1 is 1.42 bits per heavy atom. The minimum atomic E-state index is -0.773. The van der Waals surface area contributed by atoms with Gasteiger partial charge in [0.15, 0.2) is 0 Å². The molecule has 6 heteroatoms. The number of rotatable bonds is 6. The zero-order valence-electron chi connectivity index (χ0n) is 6.58. The van der Waals surface area contributed by atoms with Crippen LogP contribution in [0.25, 0.3) is 0 Å². The number of carboxylic acids is 1. The number of carboxylic acid groups (broad SMARTS) is 1. The molecular formula is C6H12N2O3Se. The molecule has 0 aliphatic rings. The summed E-state index contributed by atoms with van der Waals surface area (Å²) in [6.07, 6.45) is 1.69. The number of unbranched alkanes of at least 4 members (excludes halogenated alkanes) is 1. The van der Waals surface area contributed by atoms with Gasteiger partial charge < -0.3 is 0 Å². The van der Waals surface area contributed by atoms with Gasteiger partial charge in [0.25, 0.3) is 0 Å². The number of primary amides is 1. The van der Waals surface area contributed by atoms with Gasteiger partial charge in [-0.25, -0.2) is 0 Å². The van der Waals surface area contributed by atoms with E-state index in [0.717, 1.165) is 11.7 Å². The third kappa shape index (κ3) is 9.26. The van der Waals surface area contributed by atoms with Crippen LogP contribution in [0.15, 0.2) is 0 Å². The molecule has 0 aliphatic carbocycles. The molecule has 12 heavy (non-hydrogen) atoms. The molecule has 0 radical (unpaired) electrons. The summed E-state index contributed by atoms with van der Waals surface area (Å²) in [6.45, 7) is 0. The summed E-state index contributed by atoms with van der Waals surface area (Å²) < 4.78 is 2.49. The zero-order valence-corrected chi connectivity index (χ0v) is 8.29. The van der Waals surface area contributed by atoms with Crippen molar-refractivity contribution in [3.05, 3.63) is 0 Å². The van der Waals surface area contributed by atoms with Crippen LogP contribution < -0.4 is 10.1 Å². The van der Waals surface area contributed by atoms with Crippen LogP contribution in [-0.2, 0) is 4.79 Å². The van der Waals surface area contributed by atoms with Gasteiger partial charge in [-0.3, -0.25) is 0 Å². The molecule has 0 atom stereocenters. The van der Waals surface area contributed by atoms with E-state index in [1.807, 2.05) is 0 Å². The van der Waals surface area contributed by atoms with Crippen LogP contribution in [0.3, 0.4) is 0 Å². The first kappa shape index (κ1) is 11.3. The number of nitrogens with two attached hydrogens (primary N) is 1. The molecule has 0 aromatic rings. The van der Waals surface area contributed by atoms with Gasteiger partial charge >= 0.3 is 76.5 Å². The molecule has 0 saturated heterocycles. The Hall–Kier alpha value is -0.741. The number of hydrogen-bond donors (Lipinski definition) is 3. The van der Waals surface area contributed by atoms with Crippen molar-refractivity contribution in [1.82, 2.24) is 4.33 Å². The van der Waals surface area contributed by atoms with Crippen LogP contribution in [0.4, 0.5) is 4.79 Å². The third-order valence-electron chi connectivity index (χ3n) is 1.06. The van der Waals surface area contributed by atoms with Gasteiger partial charge in [0.1, 0.15) is 0 Å². The van der Waals surface area contributed by atoms with Gasteiger partial charge in [-0.2, -0.15) is 0 Å². The maximum atomic E-state index is 10.2. The molecule has 4 N–H and O–H groups in total. The van der Waals surface area contributed by atoms with Crippen LogP contribution in [0.1, 0.15) is 19.3 Å². The molecule has 0 fully saturated rings. The first-order chi connectivity index (χ1) is 5.63. The summed E-state index contributed by atoms with van der Waals surface area (Å²) in [5.74, 6) is -0.773. The predicted molar refractivity (Wildman–Crippen MR) is 44.8 cm³/mol. The normalized spacial score (nSPS) is 9.33. The van der Waals surface area contributed by atoms with Crippen LogP contribution in [0.5, 0.6) is 0 Å². The second-order valence-electron chi connectivity index (χ2n) is 2.17. The van der Waals surface area contributed by atoms with Crippen molar-refractivity contribution >= 4 is 27.2 Å². The standard InChI is InChI=1S/C6H12N2O3Se/c7-6(11)8-12-4-2-1-3-5(9)10/h1-4H2,(H,9,10)(H3,7,8,11). The summed E-state index contributed by atoms with van der Waals surface area (Å²) >= 11 is 0.0182. The Morgan fingerprint density at radius 3 is 2.58 bits per heavy atom.